The molecule has 1 unspecified atom stereocenters. The van der Waals surface area contributed by atoms with Gasteiger partial charge in [0.15, 0.2) is 0 Å². The topological polar surface area (TPSA) is 111 Å². The van der Waals surface area contributed by atoms with Crippen LogP contribution in [0.3, 0.4) is 0 Å². The first kappa shape index (κ1) is 15.4. The van der Waals surface area contributed by atoms with Crippen LogP contribution in [0.4, 0.5) is 4.79 Å². The fourth-order valence-corrected chi connectivity index (χ4v) is 2.12. The molecule has 0 aromatic heterocycles. The van der Waals surface area contributed by atoms with Gasteiger partial charge in [0.25, 0.3) is 0 Å². The second kappa shape index (κ2) is 6.85. The van der Waals surface area contributed by atoms with Crippen LogP contribution in [0.2, 0.25) is 0 Å². The summed E-state index contributed by atoms with van der Waals surface area (Å²) in [4.78, 5) is 21.5. The average Bonchev–Trinajstić information content (AvgIpc) is 2.24. The zero-order valence-corrected chi connectivity index (χ0v) is 11.5. The van der Waals surface area contributed by atoms with Crippen LogP contribution in [0.5, 0.6) is 0 Å². The first-order valence-corrected chi connectivity index (χ1v) is 6.62. The van der Waals surface area contributed by atoms with E-state index < -0.39 is 26.2 Å². The quantitative estimate of drug-likeness (QED) is 0.373. The Hall–Kier alpha value is -0.620. The molecule has 10 heteroatoms. The molecule has 0 saturated carbocycles. The minimum Gasteiger partial charge on any atom is -0.468 e. The van der Waals surface area contributed by atoms with Gasteiger partial charge in [0.2, 0.25) is 0 Å². The molecule has 16 heavy (non-hydrogen) atoms. The average molecular weight is 366 g/mol. The molecule has 1 amide bonds. The SMILES string of the molecule is COC(=O)NS(=O)(=O)NCC(I)C(=O)OC. The van der Waals surface area contributed by atoms with Crippen molar-refractivity contribution < 1.29 is 27.5 Å². The predicted molar refractivity (Wildman–Crippen MR) is 62.3 cm³/mol. The first-order chi connectivity index (χ1) is 7.32. The number of hydrogen-bond donors (Lipinski definition) is 2. The third-order valence-electron chi connectivity index (χ3n) is 1.31. The third-order valence-corrected chi connectivity index (χ3v) is 3.24. The van der Waals surface area contributed by atoms with Crippen LogP contribution in [-0.4, -0.2) is 45.2 Å². The second-order valence-corrected chi connectivity index (χ2v) is 5.44. The van der Waals surface area contributed by atoms with Crippen LogP contribution in [-0.2, 0) is 24.5 Å². The lowest BCUT2D eigenvalue weighted by molar-refractivity contribution is -0.139. The van der Waals surface area contributed by atoms with E-state index in [4.69, 9.17) is 0 Å². The largest absolute Gasteiger partial charge is 0.468 e. The van der Waals surface area contributed by atoms with Gasteiger partial charge in [-0.1, -0.05) is 22.6 Å². The number of alkyl halides is 1. The Balaban J connectivity index is 4.19. The monoisotopic (exact) mass is 366 g/mol. The summed E-state index contributed by atoms with van der Waals surface area (Å²) >= 11 is 1.71. The second-order valence-electron chi connectivity index (χ2n) is 2.44. The normalized spacial score (nSPS) is 12.7. The minimum atomic E-state index is -4.02. The summed E-state index contributed by atoms with van der Waals surface area (Å²) < 4.78 is 33.6. The van der Waals surface area contributed by atoms with Gasteiger partial charge in [-0.15, -0.1) is 0 Å². The number of hydrogen-bond acceptors (Lipinski definition) is 6. The summed E-state index contributed by atoms with van der Waals surface area (Å²) in [7, 11) is -1.80. The highest BCUT2D eigenvalue weighted by atomic mass is 127. The van der Waals surface area contributed by atoms with Crippen LogP contribution < -0.4 is 9.44 Å². The van der Waals surface area contributed by atoms with Crippen molar-refractivity contribution in [2.24, 2.45) is 0 Å². The van der Waals surface area contributed by atoms with Crippen molar-refractivity contribution >= 4 is 44.9 Å². The van der Waals surface area contributed by atoms with E-state index in [-0.39, 0.29) is 6.54 Å². The van der Waals surface area contributed by atoms with Crippen LogP contribution in [0.15, 0.2) is 0 Å². The van der Waals surface area contributed by atoms with Gasteiger partial charge in [0.05, 0.1) is 14.2 Å². The predicted octanol–water partition coefficient (Wildman–Crippen LogP) is -0.847. The van der Waals surface area contributed by atoms with Gasteiger partial charge in [0.1, 0.15) is 3.92 Å². The molecule has 0 spiro atoms. The first-order valence-electron chi connectivity index (χ1n) is 3.89. The Labute approximate surface area is 106 Å². The molecule has 0 aliphatic rings. The summed E-state index contributed by atoms with van der Waals surface area (Å²) in [6.45, 7) is -0.195. The van der Waals surface area contributed by atoms with Gasteiger partial charge in [-0.2, -0.15) is 13.1 Å². The van der Waals surface area contributed by atoms with Crippen LogP contribution in [0, 0.1) is 0 Å². The molecule has 0 aromatic rings. The molecule has 0 aliphatic carbocycles. The molecule has 0 fully saturated rings. The van der Waals surface area contributed by atoms with E-state index >= 15 is 0 Å². The molecule has 2 N–H and O–H groups in total. The van der Waals surface area contributed by atoms with E-state index in [0.717, 1.165) is 7.11 Å². The van der Waals surface area contributed by atoms with E-state index in [2.05, 4.69) is 9.47 Å². The molecular formula is C6H11IN2O6S. The van der Waals surface area contributed by atoms with E-state index in [1.165, 1.54) is 7.11 Å². The number of esters is 1. The van der Waals surface area contributed by atoms with Crippen molar-refractivity contribution in [3.8, 4) is 0 Å². The zero-order valence-electron chi connectivity index (χ0n) is 8.52. The van der Waals surface area contributed by atoms with Gasteiger partial charge in [-0.25, -0.2) is 9.52 Å². The molecule has 0 radical (unpaired) electrons. The van der Waals surface area contributed by atoms with Gasteiger partial charge in [-0.3, -0.25) is 4.79 Å². The fraction of sp³-hybridized carbons (Fsp3) is 0.667. The highest BCUT2D eigenvalue weighted by Crippen LogP contribution is 2.01. The van der Waals surface area contributed by atoms with Crippen molar-refractivity contribution in [1.82, 2.24) is 9.44 Å². The van der Waals surface area contributed by atoms with E-state index in [0.29, 0.717) is 0 Å². The molecule has 0 aliphatic heterocycles. The van der Waals surface area contributed by atoms with E-state index in [1.807, 2.05) is 4.72 Å². The minimum absolute atomic E-state index is 0.195. The Morgan fingerprint density at radius 2 is 1.88 bits per heavy atom. The van der Waals surface area contributed by atoms with Crippen LogP contribution in [0.1, 0.15) is 0 Å². The van der Waals surface area contributed by atoms with Gasteiger partial charge in [0, 0.05) is 6.54 Å². The lowest BCUT2D eigenvalue weighted by Gasteiger charge is -2.09. The number of halogens is 1. The number of carbonyl (C=O) groups is 2. The molecule has 0 aromatic carbocycles. The third kappa shape index (κ3) is 6.07. The molecule has 0 heterocycles. The van der Waals surface area contributed by atoms with Crippen LogP contribution in [0.25, 0.3) is 0 Å². The molecular weight excluding hydrogens is 355 g/mol. The number of nitrogens with one attached hydrogen (secondary N) is 2. The van der Waals surface area contributed by atoms with Crippen molar-refractivity contribution in [1.29, 1.82) is 0 Å². The number of rotatable bonds is 5. The Kier molecular flexibility index (Phi) is 6.59. The van der Waals surface area contributed by atoms with Crippen molar-refractivity contribution in [2.45, 2.75) is 3.92 Å². The smallest absolute Gasteiger partial charge is 0.421 e. The number of ether oxygens (including phenoxy) is 2. The Morgan fingerprint density at radius 1 is 1.31 bits per heavy atom. The van der Waals surface area contributed by atoms with Crippen molar-refractivity contribution in [2.75, 3.05) is 20.8 Å². The number of carbonyl (C=O) groups excluding carboxylic acids is 2. The number of amides is 1. The van der Waals surface area contributed by atoms with Crippen LogP contribution >= 0.6 is 22.6 Å². The highest BCUT2D eigenvalue weighted by molar-refractivity contribution is 14.1. The maximum atomic E-state index is 11.1. The molecule has 94 valence electrons. The summed E-state index contributed by atoms with van der Waals surface area (Å²) in [5, 5.41) is 0. The van der Waals surface area contributed by atoms with E-state index in [1.54, 1.807) is 27.3 Å². The van der Waals surface area contributed by atoms with Gasteiger partial charge >= 0.3 is 22.3 Å². The summed E-state index contributed by atoms with van der Waals surface area (Å²) in [6.07, 6.45) is -1.12. The maximum Gasteiger partial charge on any atom is 0.421 e. The number of methoxy groups -OCH3 is 2. The van der Waals surface area contributed by atoms with Gasteiger partial charge < -0.3 is 9.47 Å². The lowest BCUT2D eigenvalue weighted by Crippen LogP contribution is -2.43. The summed E-state index contributed by atoms with van der Waals surface area (Å²) in [5.41, 5.74) is 0. The fourth-order valence-electron chi connectivity index (χ4n) is 0.582. The van der Waals surface area contributed by atoms with Crippen molar-refractivity contribution in [3.63, 3.8) is 0 Å². The molecule has 0 rings (SSSR count). The summed E-state index contributed by atoms with van der Waals surface area (Å²) in [5.74, 6) is -0.568. The summed E-state index contributed by atoms with van der Waals surface area (Å²) in [6, 6.07) is 0. The standard InChI is InChI=1S/C6H11IN2O6S/c1-14-5(10)4(7)3-8-16(12,13)9-6(11)15-2/h4,8H,3H2,1-2H3,(H,9,11). The molecule has 0 bridgehead atoms. The lowest BCUT2D eigenvalue weighted by atomic mass is 10.4. The zero-order chi connectivity index (χ0) is 12.8. The maximum absolute atomic E-state index is 11.1. The molecule has 1 atom stereocenters. The van der Waals surface area contributed by atoms with E-state index in [9.17, 15) is 18.0 Å². The van der Waals surface area contributed by atoms with Crippen molar-refractivity contribution in [3.05, 3.63) is 0 Å². The highest BCUT2D eigenvalue weighted by Gasteiger charge is 2.20. The van der Waals surface area contributed by atoms with Gasteiger partial charge in [-0.05, 0) is 0 Å². The molecule has 0 saturated heterocycles. The molecule has 8 nitrogen and oxygen atoms in total. The Morgan fingerprint density at radius 3 is 2.31 bits per heavy atom. The Bertz CT molecular complexity index is 356.